The molecule has 2 aromatic rings. The van der Waals surface area contributed by atoms with Crippen LogP contribution in [0.3, 0.4) is 0 Å². The molecular weight excluding hydrogens is 366 g/mol. The standard InChI is InChI=1S/C20H23NO3S2/c1-14(2)21-19(22)13-26-18-7-5-4-6-17(18)20(23)24-12-15-8-10-16(25-3)11-9-15/h4-11,14H,12-13H2,1-3H3,(H,21,22). The highest BCUT2D eigenvalue weighted by molar-refractivity contribution is 8.00. The average Bonchev–Trinajstić information content (AvgIpc) is 2.64. The molecule has 2 aromatic carbocycles. The predicted octanol–water partition coefficient (Wildman–Crippen LogP) is 4.38. The van der Waals surface area contributed by atoms with Crippen LogP contribution in [0.25, 0.3) is 0 Å². The summed E-state index contributed by atoms with van der Waals surface area (Å²) in [6.45, 7) is 4.06. The Hall–Kier alpha value is -1.92. The second kappa shape index (κ2) is 10.3. The van der Waals surface area contributed by atoms with Gasteiger partial charge in [0.1, 0.15) is 6.61 Å². The summed E-state index contributed by atoms with van der Waals surface area (Å²) < 4.78 is 5.44. The van der Waals surface area contributed by atoms with E-state index in [4.69, 9.17) is 4.74 Å². The fourth-order valence-electron chi connectivity index (χ4n) is 2.22. The summed E-state index contributed by atoms with van der Waals surface area (Å²) in [6, 6.07) is 15.2. The summed E-state index contributed by atoms with van der Waals surface area (Å²) in [5, 5.41) is 2.84. The monoisotopic (exact) mass is 389 g/mol. The number of hydrogen-bond donors (Lipinski definition) is 1. The van der Waals surface area contributed by atoms with Crippen LogP contribution in [0.1, 0.15) is 29.8 Å². The number of hydrogen-bond acceptors (Lipinski definition) is 5. The van der Waals surface area contributed by atoms with E-state index in [1.54, 1.807) is 23.9 Å². The number of ether oxygens (including phenoxy) is 1. The molecule has 0 bridgehead atoms. The zero-order chi connectivity index (χ0) is 18.9. The molecule has 138 valence electrons. The minimum atomic E-state index is -0.383. The molecule has 0 spiro atoms. The molecule has 0 saturated heterocycles. The zero-order valence-corrected chi connectivity index (χ0v) is 16.8. The molecule has 1 amide bonds. The number of benzene rings is 2. The third-order valence-electron chi connectivity index (χ3n) is 3.44. The lowest BCUT2D eigenvalue weighted by atomic mass is 10.2. The van der Waals surface area contributed by atoms with Crippen molar-refractivity contribution in [3.05, 3.63) is 59.7 Å². The normalized spacial score (nSPS) is 10.6. The molecule has 2 rings (SSSR count). The second-order valence-corrected chi connectivity index (χ2v) is 7.83. The van der Waals surface area contributed by atoms with Crippen molar-refractivity contribution in [1.29, 1.82) is 0 Å². The van der Waals surface area contributed by atoms with Crippen molar-refractivity contribution in [2.75, 3.05) is 12.0 Å². The first-order valence-corrected chi connectivity index (χ1v) is 10.5. The molecule has 0 aliphatic heterocycles. The molecule has 0 unspecified atom stereocenters. The molecule has 0 heterocycles. The third-order valence-corrected chi connectivity index (χ3v) is 5.26. The van der Waals surface area contributed by atoms with Gasteiger partial charge in [0.2, 0.25) is 5.91 Å². The van der Waals surface area contributed by atoms with E-state index in [1.807, 2.05) is 56.5 Å². The van der Waals surface area contributed by atoms with Crippen LogP contribution in [-0.2, 0) is 16.1 Å². The van der Waals surface area contributed by atoms with Gasteiger partial charge in [-0.05, 0) is 49.9 Å². The van der Waals surface area contributed by atoms with Gasteiger partial charge in [0.05, 0.1) is 11.3 Å². The lowest BCUT2D eigenvalue weighted by molar-refractivity contribution is -0.119. The highest BCUT2D eigenvalue weighted by Crippen LogP contribution is 2.24. The van der Waals surface area contributed by atoms with Gasteiger partial charge in [0.15, 0.2) is 0 Å². The minimum Gasteiger partial charge on any atom is -0.457 e. The maximum Gasteiger partial charge on any atom is 0.339 e. The Morgan fingerprint density at radius 2 is 1.77 bits per heavy atom. The van der Waals surface area contributed by atoms with Crippen molar-refractivity contribution in [2.45, 2.75) is 36.3 Å². The summed E-state index contributed by atoms with van der Waals surface area (Å²) in [4.78, 5) is 26.2. The van der Waals surface area contributed by atoms with Crippen LogP contribution in [-0.4, -0.2) is 29.9 Å². The van der Waals surface area contributed by atoms with Crippen LogP contribution in [0, 0.1) is 0 Å². The smallest absolute Gasteiger partial charge is 0.339 e. The fraction of sp³-hybridized carbons (Fsp3) is 0.300. The topological polar surface area (TPSA) is 55.4 Å². The number of rotatable bonds is 8. The van der Waals surface area contributed by atoms with Crippen LogP contribution in [0.15, 0.2) is 58.3 Å². The van der Waals surface area contributed by atoms with Crippen molar-refractivity contribution < 1.29 is 14.3 Å². The molecule has 0 saturated carbocycles. The first kappa shape index (κ1) is 20.4. The molecule has 4 nitrogen and oxygen atoms in total. The van der Waals surface area contributed by atoms with Gasteiger partial charge in [0.25, 0.3) is 0 Å². The summed E-state index contributed by atoms with van der Waals surface area (Å²) in [7, 11) is 0. The molecular formula is C20H23NO3S2. The van der Waals surface area contributed by atoms with E-state index in [-0.39, 0.29) is 30.3 Å². The molecule has 26 heavy (non-hydrogen) atoms. The van der Waals surface area contributed by atoms with E-state index in [0.717, 1.165) is 10.5 Å². The van der Waals surface area contributed by atoms with Crippen LogP contribution >= 0.6 is 23.5 Å². The van der Waals surface area contributed by atoms with Gasteiger partial charge in [-0.2, -0.15) is 0 Å². The molecule has 0 radical (unpaired) electrons. The highest BCUT2D eigenvalue weighted by atomic mass is 32.2. The first-order chi connectivity index (χ1) is 12.5. The van der Waals surface area contributed by atoms with Crippen LogP contribution in [0.4, 0.5) is 0 Å². The van der Waals surface area contributed by atoms with Crippen molar-refractivity contribution in [3.8, 4) is 0 Å². The maximum atomic E-state index is 12.4. The van der Waals surface area contributed by atoms with E-state index in [9.17, 15) is 9.59 Å². The van der Waals surface area contributed by atoms with Crippen molar-refractivity contribution >= 4 is 35.4 Å². The average molecular weight is 390 g/mol. The van der Waals surface area contributed by atoms with E-state index in [0.29, 0.717) is 5.56 Å². The Balaban J connectivity index is 1.96. The first-order valence-electron chi connectivity index (χ1n) is 8.31. The number of carbonyl (C=O) groups is 2. The number of nitrogens with one attached hydrogen (secondary N) is 1. The SMILES string of the molecule is CSc1ccc(COC(=O)c2ccccc2SCC(=O)NC(C)C)cc1. The molecule has 0 fully saturated rings. The van der Waals surface area contributed by atoms with Crippen LogP contribution in [0.2, 0.25) is 0 Å². The highest BCUT2D eigenvalue weighted by Gasteiger charge is 2.14. The molecule has 1 N–H and O–H groups in total. The van der Waals surface area contributed by atoms with Gasteiger partial charge < -0.3 is 10.1 Å². The summed E-state index contributed by atoms with van der Waals surface area (Å²) >= 11 is 3.01. The van der Waals surface area contributed by atoms with E-state index < -0.39 is 0 Å². The molecule has 0 aliphatic rings. The molecule has 0 aliphatic carbocycles. The Labute approximate surface area is 163 Å². The minimum absolute atomic E-state index is 0.0537. The van der Waals surface area contributed by atoms with Gasteiger partial charge >= 0.3 is 5.97 Å². The summed E-state index contributed by atoms with van der Waals surface area (Å²) in [6.07, 6.45) is 2.02. The lowest BCUT2D eigenvalue weighted by Gasteiger charge is -2.11. The number of esters is 1. The molecule has 0 atom stereocenters. The van der Waals surface area contributed by atoms with Crippen molar-refractivity contribution in [3.63, 3.8) is 0 Å². The van der Waals surface area contributed by atoms with Gasteiger partial charge in [0, 0.05) is 15.8 Å². The van der Waals surface area contributed by atoms with Crippen LogP contribution < -0.4 is 5.32 Å². The van der Waals surface area contributed by atoms with Gasteiger partial charge in [-0.15, -0.1) is 23.5 Å². The third kappa shape index (κ3) is 6.42. The molecule has 0 aromatic heterocycles. The van der Waals surface area contributed by atoms with Crippen molar-refractivity contribution in [2.24, 2.45) is 0 Å². The lowest BCUT2D eigenvalue weighted by Crippen LogP contribution is -2.31. The Kier molecular flexibility index (Phi) is 8.06. The van der Waals surface area contributed by atoms with Gasteiger partial charge in [-0.1, -0.05) is 24.3 Å². The quantitative estimate of drug-likeness (QED) is 0.536. The van der Waals surface area contributed by atoms with E-state index >= 15 is 0 Å². The summed E-state index contributed by atoms with van der Waals surface area (Å²) in [5.41, 5.74) is 1.42. The Morgan fingerprint density at radius 1 is 1.08 bits per heavy atom. The zero-order valence-electron chi connectivity index (χ0n) is 15.2. The summed E-state index contributed by atoms with van der Waals surface area (Å²) in [5.74, 6) is -0.174. The van der Waals surface area contributed by atoms with E-state index in [2.05, 4.69) is 5.32 Å². The van der Waals surface area contributed by atoms with Crippen LogP contribution in [0.5, 0.6) is 0 Å². The maximum absolute atomic E-state index is 12.4. The van der Waals surface area contributed by atoms with Gasteiger partial charge in [-0.3, -0.25) is 4.79 Å². The predicted molar refractivity (Wildman–Crippen MR) is 108 cm³/mol. The number of thioether (sulfide) groups is 2. The number of amides is 1. The largest absolute Gasteiger partial charge is 0.457 e. The van der Waals surface area contributed by atoms with Gasteiger partial charge in [-0.25, -0.2) is 4.79 Å². The van der Waals surface area contributed by atoms with Crippen molar-refractivity contribution in [1.82, 2.24) is 5.32 Å². The second-order valence-electron chi connectivity index (χ2n) is 5.93. The fourth-order valence-corrected chi connectivity index (χ4v) is 3.48. The number of carbonyl (C=O) groups excluding carboxylic acids is 2. The molecule has 6 heteroatoms. The van der Waals surface area contributed by atoms with E-state index in [1.165, 1.54) is 16.7 Å². The Bertz CT molecular complexity index is 745. The Morgan fingerprint density at radius 3 is 2.42 bits per heavy atom.